The molecule has 2 amide bonds. The quantitative estimate of drug-likeness (QED) is 0.790. The predicted octanol–water partition coefficient (Wildman–Crippen LogP) is 2.65. The summed E-state index contributed by atoms with van der Waals surface area (Å²) in [6, 6.07) is 12.2. The van der Waals surface area contributed by atoms with Crippen molar-refractivity contribution < 1.29 is 9.59 Å². The van der Waals surface area contributed by atoms with E-state index < -0.39 is 0 Å². The molecule has 1 heterocycles. The summed E-state index contributed by atoms with van der Waals surface area (Å²) in [5.41, 5.74) is 7.32. The van der Waals surface area contributed by atoms with E-state index in [1.54, 1.807) is 48.7 Å². The summed E-state index contributed by atoms with van der Waals surface area (Å²) in [4.78, 5) is 29.1. The number of nitrogens with zero attached hydrogens (tertiary/aromatic N) is 1. The van der Waals surface area contributed by atoms with Crippen LogP contribution in [-0.4, -0.2) is 22.8 Å². The van der Waals surface area contributed by atoms with Crippen LogP contribution in [0.2, 0.25) is 0 Å². The Labute approximate surface area is 152 Å². The Hall–Kier alpha value is -2.73. The number of carbonyl (C=O) groups excluding carboxylic acids is 2. The van der Waals surface area contributed by atoms with Crippen molar-refractivity contribution >= 4 is 23.3 Å². The molecule has 2 fully saturated rings. The molecule has 4 unspecified atom stereocenters. The van der Waals surface area contributed by atoms with E-state index in [2.05, 4.69) is 15.6 Å². The number of pyridine rings is 1. The molecule has 1 aromatic carbocycles. The van der Waals surface area contributed by atoms with Gasteiger partial charge in [0.1, 0.15) is 5.82 Å². The van der Waals surface area contributed by atoms with Crippen molar-refractivity contribution in [3.05, 3.63) is 54.2 Å². The molecular formula is C20H22N4O2. The van der Waals surface area contributed by atoms with E-state index in [1.807, 2.05) is 0 Å². The zero-order chi connectivity index (χ0) is 18.1. The van der Waals surface area contributed by atoms with Gasteiger partial charge in [-0.2, -0.15) is 0 Å². The minimum Gasteiger partial charge on any atom is -0.327 e. The fourth-order valence-corrected chi connectivity index (χ4v) is 4.31. The second-order valence-corrected chi connectivity index (χ2v) is 7.18. The molecule has 4 N–H and O–H groups in total. The molecule has 0 saturated heterocycles. The van der Waals surface area contributed by atoms with Crippen LogP contribution in [0.1, 0.15) is 29.6 Å². The van der Waals surface area contributed by atoms with Gasteiger partial charge in [-0.25, -0.2) is 4.98 Å². The van der Waals surface area contributed by atoms with Gasteiger partial charge in [0.2, 0.25) is 5.91 Å². The number of amides is 2. The summed E-state index contributed by atoms with van der Waals surface area (Å²) in [5.74, 6) is 0.930. The van der Waals surface area contributed by atoms with Crippen LogP contribution in [-0.2, 0) is 4.79 Å². The first-order valence-electron chi connectivity index (χ1n) is 9.01. The molecule has 2 saturated carbocycles. The summed E-state index contributed by atoms with van der Waals surface area (Å²) in [5, 5.41) is 5.68. The van der Waals surface area contributed by atoms with Crippen molar-refractivity contribution in [1.82, 2.24) is 4.98 Å². The molecule has 4 rings (SSSR count). The van der Waals surface area contributed by atoms with E-state index in [1.165, 1.54) is 0 Å². The van der Waals surface area contributed by atoms with Gasteiger partial charge in [0, 0.05) is 23.5 Å². The van der Waals surface area contributed by atoms with Gasteiger partial charge in [0.15, 0.2) is 0 Å². The van der Waals surface area contributed by atoms with E-state index in [9.17, 15) is 9.59 Å². The van der Waals surface area contributed by atoms with Crippen LogP contribution >= 0.6 is 0 Å². The van der Waals surface area contributed by atoms with E-state index in [0.717, 1.165) is 19.3 Å². The number of nitrogens with two attached hydrogens (primary N) is 1. The third-order valence-electron chi connectivity index (χ3n) is 5.58. The summed E-state index contributed by atoms with van der Waals surface area (Å²) in [6.07, 6.45) is 4.90. The Morgan fingerprint density at radius 3 is 2.62 bits per heavy atom. The fraction of sp³-hybridized carbons (Fsp3) is 0.350. The second kappa shape index (κ2) is 6.88. The molecule has 134 valence electrons. The van der Waals surface area contributed by atoms with Crippen molar-refractivity contribution in [2.45, 2.75) is 25.3 Å². The Morgan fingerprint density at radius 2 is 1.88 bits per heavy atom. The van der Waals surface area contributed by atoms with E-state index in [4.69, 9.17) is 5.73 Å². The van der Waals surface area contributed by atoms with Crippen LogP contribution in [0.25, 0.3) is 0 Å². The van der Waals surface area contributed by atoms with E-state index in [-0.39, 0.29) is 23.8 Å². The lowest BCUT2D eigenvalue weighted by Gasteiger charge is -2.27. The van der Waals surface area contributed by atoms with Gasteiger partial charge in [-0.3, -0.25) is 9.59 Å². The summed E-state index contributed by atoms with van der Waals surface area (Å²) >= 11 is 0. The van der Waals surface area contributed by atoms with Gasteiger partial charge >= 0.3 is 0 Å². The van der Waals surface area contributed by atoms with Crippen LogP contribution in [0.15, 0.2) is 48.7 Å². The fourth-order valence-electron chi connectivity index (χ4n) is 4.31. The normalized spacial score (nSPS) is 26.5. The third kappa shape index (κ3) is 3.20. The minimum absolute atomic E-state index is 0.0352. The predicted molar refractivity (Wildman–Crippen MR) is 99.6 cm³/mol. The van der Waals surface area contributed by atoms with Crippen LogP contribution in [0, 0.1) is 17.8 Å². The highest BCUT2D eigenvalue weighted by molar-refractivity contribution is 6.05. The van der Waals surface area contributed by atoms with Crippen molar-refractivity contribution in [2.24, 2.45) is 23.5 Å². The zero-order valence-electron chi connectivity index (χ0n) is 14.4. The van der Waals surface area contributed by atoms with Crippen LogP contribution in [0.4, 0.5) is 11.5 Å². The number of aromatic nitrogens is 1. The number of hydrogen-bond donors (Lipinski definition) is 3. The monoisotopic (exact) mass is 350 g/mol. The highest BCUT2D eigenvalue weighted by Gasteiger charge is 2.49. The van der Waals surface area contributed by atoms with Crippen molar-refractivity contribution in [3.8, 4) is 0 Å². The Bertz CT molecular complexity index is 822. The summed E-state index contributed by atoms with van der Waals surface area (Å²) in [7, 11) is 0. The van der Waals surface area contributed by atoms with Gasteiger partial charge in [-0.15, -0.1) is 0 Å². The maximum absolute atomic E-state index is 12.7. The van der Waals surface area contributed by atoms with Crippen LogP contribution in [0.5, 0.6) is 0 Å². The first kappa shape index (κ1) is 16.7. The van der Waals surface area contributed by atoms with Gasteiger partial charge in [-0.05, 0) is 61.4 Å². The average molecular weight is 350 g/mol. The molecule has 2 bridgehead atoms. The number of carbonyl (C=O) groups is 2. The molecule has 2 aliphatic rings. The summed E-state index contributed by atoms with van der Waals surface area (Å²) in [6.45, 7) is 0. The lowest BCUT2D eigenvalue weighted by Crippen LogP contribution is -2.42. The molecule has 6 nitrogen and oxygen atoms in total. The zero-order valence-corrected chi connectivity index (χ0v) is 14.4. The highest BCUT2D eigenvalue weighted by atomic mass is 16.2. The van der Waals surface area contributed by atoms with Crippen LogP contribution < -0.4 is 16.4 Å². The van der Waals surface area contributed by atoms with Crippen LogP contribution in [0.3, 0.4) is 0 Å². The number of nitrogens with one attached hydrogen (secondary N) is 2. The molecule has 4 atom stereocenters. The smallest absolute Gasteiger partial charge is 0.256 e. The van der Waals surface area contributed by atoms with Crippen molar-refractivity contribution in [2.75, 3.05) is 10.6 Å². The van der Waals surface area contributed by atoms with Crippen molar-refractivity contribution in [3.63, 3.8) is 0 Å². The maximum atomic E-state index is 12.7. The average Bonchev–Trinajstić information content (AvgIpc) is 3.24. The number of rotatable bonds is 4. The van der Waals surface area contributed by atoms with Gasteiger partial charge in [0.05, 0.1) is 5.92 Å². The highest BCUT2D eigenvalue weighted by Crippen LogP contribution is 2.47. The van der Waals surface area contributed by atoms with E-state index in [0.29, 0.717) is 28.9 Å². The van der Waals surface area contributed by atoms with E-state index >= 15 is 0 Å². The van der Waals surface area contributed by atoms with Gasteiger partial charge < -0.3 is 16.4 Å². The van der Waals surface area contributed by atoms with Gasteiger partial charge in [-0.1, -0.05) is 12.1 Å². The lowest BCUT2D eigenvalue weighted by atomic mass is 9.84. The number of hydrogen-bond acceptors (Lipinski definition) is 4. The molecule has 2 aliphatic carbocycles. The summed E-state index contributed by atoms with van der Waals surface area (Å²) < 4.78 is 0. The number of anilines is 2. The first-order chi connectivity index (χ1) is 12.6. The largest absolute Gasteiger partial charge is 0.327 e. The SMILES string of the molecule is NC1C2CCC(C2)C1C(=O)Nc1cccc(C(=O)Nc2ccccn2)c1. The molecule has 6 heteroatoms. The molecule has 1 aromatic heterocycles. The molecular weight excluding hydrogens is 328 g/mol. The number of benzene rings is 1. The molecule has 0 spiro atoms. The Morgan fingerprint density at radius 1 is 1.04 bits per heavy atom. The topological polar surface area (TPSA) is 97.1 Å². The molecule has 26 heavy (non-hydrogen) atoms. The second-order valence-electron chi connectivity index (χ2n) is 7.18. The minimum atomic E-state index is -0.267. The Kier molecular flexibility index (Phi) is 4.42. The maximum Gasteiger partial charge on any atom is 0.256 e. The lowest BCUT2D eigenvalue weighted by molar-refractivity contribution is -0.121. The third-order valence-corrected chi connectivity index (χ3v) is 5.58. The first-order valence-corrected chi connectivity index (χ1v) is 9.01. The number of fused-ring (bicyclic) bond motifs is 2. The molecule has 0 radical (unpaired) electrons. The Balaban J connectivity index is 1.44. The van der Waals surface area contributed by atoms with Gasteiger partial charge in [0.25, 0.3) is 5.91 Å². The molecule has 0 aliphatic heterocycles. The standard InChI is InChI=1S/C20H22N4O2/c21-18-13-8-7-12(10-13)17(18)20(26)23-15-5-3-4-14(11-15)19(25)24-16-6-1-2-9-22-16/h1-6,9,11-13,17-18H,7-8,10,21H2,(H,23,26)(H,22,24,25). The van der Waals surface area contributed by atoms with Crippen molar-refractivity contribution in [1.29, 1.82) is 0 Å². The molecule has 2 aromatic rings.